The Hall–Kier alpha value is -3.38. The lowest BCUT2D eigenvalue weighted by molar-refractivity contribution is -0.121. The lowest BCUT2D eigenvalue weighted by atomic mass is 10.2. The highest BCUT2D eigenvalue weighted by Crippen LogP contribution is 2.22. The maximum atomic E-state index is 12.7. The van der Waals surface area contributed by atoms with Crippen molar-refractivity contribution in [2.45, 2.75) is 19.3 Å². The first-order valence-electron chi connectivity index (χ1n) is 11.1. The summed E-state index contributed by atoms with van der Waals surface area (Å²) in [5.74, 6) is -0.322. The highest BCUT2D eigenvalue weighted by atomic mass is 32.2. The fourth-order valence-corrected chi connectivity index (χ4v) is 5.42. The normalized spacial score (nSPS) is 17.3. The maximum Gasteiger partial charge on any atom is 0.251 e. The molecule has 0 atom stereocenters. The molecule has 0 unspecified atom stereocenters. The van der Waals surface area contributed by atoms with Gasteiger partial charge in [0, 0.05) is 63.5 Å². The van der Waals surface area contributed by atoms with Gasteiger partial charge in [0.1, 0.15) is 0 Å². The van der Waals surface area contributed by atoms with Gasteiger partial charge in [-0.25, -0.2) is 18.4 Å². The molecule has 2 fully saturated rings. The summed E-state index contributed by atoms with van der Waals surface area (Å²) in [5.41, 5.74) is 0.805. The Balaban J connectivity index is 1.21. The summed E-state index contributed by atoms with van der Waals surface area (Å²) in [6, 6.07) is 7.92. The van der Waals surface area contributed by atoms with Gasteiger partial charge >= 0.3 is 0 Å². The number of hydrogen-bond donors (Lipinski definition) is 1. The van der Waals surface area contributed by atoms with Crippen LogP contribution in [0.25, 0.3) is 0 Å². The molecule has 12 heteroatoms. The van der Waals surface area contributed by atoms with Crippen molar-refractivity contribution in [3.63, 3.8) is 0 Å². The summed E-state index contributed by atoms with van der Waals surface area (Å²) in [5, 5.41) is 2.72. The van der Waals surface area contributed by atoms with Gasteiger partial charge in [0.25, 0.3) is 5.91 Å². The molecule has 1 N–H and O–H groups in total. The smallest absolute Gasteiger partial charge is 0.251 e. The Labute approximate surface area is 197 Å². The molecule has 0 radical (unpaired) electrons. The van der Waals surface area contributed by atoms with Gasteiger partial charge in [-0.1, -0.05) is 0 Å². The molecular formula is C22H26N6O5S. The molecule has 4 rings (SSSR count). The van der Waals surface area contributed by atoms with Crippen LogP contribution in [0.5, 0.6) is 0 Å². The third kappa shape index (κ3) is 5.39. The number of amides is 3. The molecule has 1 aromatic heterocycles. The molecule has 2 aromatic rings. The Kier molecular flexibility index (Phi) is 7.17. The van der Waals surface area contributed by atoms with Gasteiger partial charge in [-0.15, -0.1) is 0 Å². The fraction of sp³-hybridized carbons (Fsp3) is 0.409. The lowest BCUT2D eigenvalue weighted by Crippen LogP contribution is -2.49. The van der Waals surface area contributed by atoms with E-state index < -0.39 is 10.0 Å². The Morgan fingerprint density at radius 2 is 1.56 bits per heavy atom. The highest BCUT2D eigenvalue weighted by molar-refractivity contribution is 7.89. The van der Waals surface area contributed by atoms with Crippen LogP contribution in [-0.4, -0.2) is 78.9 Å². The monoisotopic (exact) mass is 486 g/mol. The first kappa shape index (κ1) is 23.8. The van der Waals surface area contributed by atoms with E-state index in [-0.39, 0.29) is 49.3 Å². The molecule has 180 valence electrons. The maximum absolute atomic E-state index is 12.7. The number of carbonyl (C=O) groups excluding carboxylic acids is 3. The minimum atomic E-state index is -3.43. The number of carbonyl (C=O) groups is 3. The van der Waals surface area contributed by atoms with E-state index in [0.717, 1.165) is 4.90 Å². The molecule has 0 saturated carbocycles. The number of piperazine rings is 1. The van der Waals surface area contributed by atoms with Gasteiger partial charge in [-0.05, 0) is 36.8 Å². The van der Waals surface area contributed by atoms with Crippen molar-refractivity contribution in [1.82, 2.24) is 19.6 Å². The van der Waals surface area contributed by atoms with E-state index in [1.165, 1.54) is 16.4 Å². The molecule has 0 aliphatic carbocycles. The van der Waals surface area contributed by atoms with Crippen molar-refractivity contribution in [1.29, 1.82) is 0 Å². The summed E-state index contributed by atoms with van der Waals surface area (Å²) in [6.45, 7) is 1.97. The van der Waals surface area contributed by atoms with Gasteiger partial charge in [-0.3, -0.25) is 19.3 Å². The van der Waals surface area contributed by atoms with Crippen molar-refractivity contribution in [3.05, 3.63) is 48.3 Å². The third-order valence-electron chi connectivity index (χ3n) is 5.77. The number of rotatable bonds is 8. The molecule has 2 aliphatic rings. The molecule has 2 aliphatic heterocycles. The first-order valence-corrected chi connectivity index (χ1v) is 12.7. The minimum absolute atomic E-state index is 0.0623. The third-order valence-corrected chi connectivity index (χ3v) is 7.73. The molecule has 3 amide bonds. The quantitative estimate of drug-likeness (QED) is 0.419. The van der Waals surface area contributed by atoms with E-state index in [1.807, 2.05) is 4.90 Å². The van der Waals surface area contributed by atoms with Crippen LogP contribution in [0.4, 0.5) is 11.6 Å². The molecule has 3 heterocycles. The summed E-state index contributed by atoms with van der Waals surface area (Å²) in [6.07, 6.45) is 3.99. The standard InChI is InChI=1S/C22H26N6O5S/c29-19-7-8-20(30)28(19)18-5-3-17(4-6-18)21(31)23-11-2-16-34(32,33)27-14-12-26(13-15-27)22-24-9-1-10-25-22/h1,3-6,9-10H,2,7-8,11-16H2,(H,23,31). The van der Waals surface area contributed by atoms with Crippen LogP contribution in [0.15, 0.2) is 42.7 Å². The van der Waals surface area contributed by atoms with E-state index in [0.29, 0.717) is 43.4 Å². The van der Waals surface area contributed by atoms with Crippen molar-refractivity contribution in [2.24, 2.45) is 0 Å². The van der Waals surface area contributed by atoms with Crippen molar-refractivity contribution < 1.29 is 22.8 Å². The van der Waals surface area contributed by atoms with Crippen LogP contribution >= 0.6 is 0 Å². The van der Waals surface area contributed by atoms with Crippen molar-refractivity contribution >= 4 is 39.4 Å². The Bertz CT molecular complexity index is 1130. The number of nitrogens with one attached hydrogen (secondary N) is 1. The Morgan fingerprint density at radius 3 is 2.18 bits per heavy atom. The zero-order valence-corrected chi connectivity index (χ0v) is 19.4. The number of aromatic nitrogens is 2. The average Bonchev–Trinajstić information content (AvgIpc) is 3.20. The van der Waals surface area contributed by atoms with Gasteiger partial charge in [0.05, 0.1) is 11.4 Å². The summed E-state index contributed by atoms with van der Waals surface area (Å²) in [4.78, 5) is 47.5. The van der Waals surface area contributed by atoms with Crippen LogP contribution in [0.1, 0.15) is 29.6 Å². The molecule has 1 aromatic carbocycles. The lowest BCUT2D eigenvalue weighted by Gasteiger charge is -2.33. The number of nitrogens with zero attached hydrogens (tertiary/aromatic N) is 5. The second-order valence-corrected chi connectivity index (χ2v) is 10.1. The van der Waals surface area contributed by atoms with Gasteiger partial charge in [0.2, 0.25) is 27.8 Å². The van der Waals surface area contributed by atoms with E-state index >= 15 is 0 Å². The number of sulfonamides is 1. The van der Waals surface area contributed by atoms with Crippen molar-refractivity contribution in [3.8, 4) is 0 Å². The van der Waals surface area contributed by atoms with Gasteiger partial charge < -0.3 is 10.2 Å². The topological polar surface area (TPSA) is 133 Å². The van der Waals surface area contributed by atoms with E-state index in [4.69, 9.17) is 0 Å². The average molecular weight is 487 g/mol. The molecular weight excluding hydrogens is 460 g/mol. The molecule has 34 heavy (non-hydrogen) atoms. The van der Waals surface area contributed by atoms with E-state index in [1.54, 1.807) is 30.6 Å². The van der Waals surface area contributed by atoms with Crippen LogP contribution in [0.3, 0.4) is 0 Å². The molecule has 11 nitrogen and oxygen atoms in total. The predicted octanol–water partition coefficient (Wildman–Crippen LogP) is 0.402. The largest absolute Gasteiger partial charge is 0.352 e. The van der Waals surface area contributed by atoms with E-state index in [9.17, 15) is 22.8 Å². The number of anilines is 2. The summed E-state index contributed by atoms with van der Waals surface area (Å²) < 4.78 is 26.8. The van der Waals surface area contributed by atoms with Crippen LogP contribution in [-0.2, 0) is 19.6 Å². The zero-order chi connectivity index (χ0) is 24.1. The van der Waals surface area contributed by atoms with Gasteiger partial charge in [-0.2, -0.15) is 4.31 Å². The zero-order valence-electron chi connectivity index (χ0n) is 18.6. The summed E-state index contributed by atoms with van der Waals surface area (Å²) in [7, 11) is -3.43. The Morgan fingerprint density at radius 1 is 0.941 bits per heavy atom. The molecule has 0 bridgehead atoms. The second-order valence-electron chi connectivity index (χ2n) is 8.03. The van der Waals surface area contributed by atoms with Crippen LogP contribution < -0.4 is 15.1 Å². The highest BCUT2D eigenvalue weighted by Gasteiger charge is 2.30. The van der Waals surface area contributed by atoms with Crippen LogP contribution in [0, 0.1) is 0 Å². The fourth-order valence-electron chi connectivity index (χ4n) is 3.93. The van der Waals surface area contributed by atoms with Crippen molar-refractivity contribution in [2.75, 3.05) is 48.3 Å². The molecule has 2 saturated heterocycles. The summed E-state index contributed by atoms with van der Waals surface area (Å²) >= 11 is 0. The molecule has 0 spiro atoms. The minimum Gasteiger partial charge on any atom is -0.352 e. The number of hydrogen-bond acceptors (Lipinski definition) is 8. The van der Waals surface area contributed by atoms with Crippen LogP contribution in [0.2, 0.25) is 0 Å². The predicted molar refractivity (Wildman–Crippen MR) is 125 cm³/mol. The number of imide groups is 1. The number of benzene rings is 1. The SMILES string of the molecule is O=C(NCCCS(=O)(=O)N1CCN(c2ncccn2)CC1)c1ccc(N2C(=O)CCC2=O)cc1. The van der Waals surface area contributed by atoms with Gasteiger partial charge in [0.15, 0.2) is 0 Å². The van der Waals surface area contributed by atoms with E-state index in [2.05, 4.69) is 15.3 Å². The first-order chi connectivity index (χ1) is 16.3. The second kappa shape index (κ2) is 10.3.